The molecule has 0 unspecified atom stereocenters. The average molecular weight is 496 g/mol. The summed E-state index contributed by atoms with van der Waals surface area (Å²) in [6.07, 6.45) is 2.46. The van der Waals surface area contributed by atoms with E-state index in [0.717, 1.165) is 6.42 Å². The van der Waals surface area contributed by atoms with Gasteiger partial charge in [0.15, 0.2) is 11.5 Å². The molecule has 10 heteroatoms. The van der Waals surface area contributed by atoms with E-state index < -0.39 is 0 Å². The van der Waals surface area contributed by atoms with Crippen molar-refractivity contribution in [2.75, 3.05) is 56.2 Å². The van der Waals surface area contributed by atoms with Gasteiger partial charge in [-0.25, -0.2) is 0 Å². The first kappa shape index (κ1) is 23.2. The molecule has 0 atom stereocenters. The van der Waals surface area contributed by atoms with Crippen LogP contribution in [0.5, 0.6) is 11.5 Å². The fraction of sp³-hybridized carbons (Fsp3) is 0.320. The van der Waals surface area contributed by atoms with Gasteiger partial charge in [-0.3, -0.25) is 14.5 Å². The molecule has 0 saturated carbocycles. The van der Waals surface area contributed by atoms with E-state index in [-0.39, 0.29) is 23.0 Å². The highest BCUT2D eigenvalue weighted by Crippen LogP contribution is 2.32. The zero-order valence-electron chi connectivity index (χ0n) is 19.2. The highest BCUT2D eigenvalue weighted by atomic mass is 35.5. The number of para-hydroxylation sites is 1. The van der Waals surface area contributed by atoms with Crippen LogP contribution in [-0.4, -0.2) is 66.5 Å². The first-order chi connectivity index (χ1) is 17.1. The Morgan fingerprint density at radius 1 is 1.00 bits per heavy atom. The van der Waals surface area contributed by atoms with Gasteiger partial charge in [0.1, 0.15) is 5.02 Å². The molecular formula is C25H26ClN5O4. The first-order valence-corrected chi connectivity index (χ1v) is 12.0. The van der Waals surface area contributed by atoms with Crippen molar-refractivity contribution in [3.63, 3.8) is 0 Å². The third-order valence-electron chi connectivity index (χ3n) is 6.01. The van der Waals surface area contributed by atoms with E-state index in [1.165, 1.54) is 4.68 Å². The Kier molecular flexibility index (Phi) is 6.87. The molecule has 1 amide bonds. The Labute approximate surface area is 207 Å². The first-order valence-electron chi connectivity index (χ1n) is 11.6. The standard InChI is InChI=1S/C25H26ClN5O4/c26-24-20(16-27-31(25(24)33)19-5-2-1-3-6-19)30-11-9-29(10-12-30)17-23(32)28-18-7-8-21-22(15-18)35-14-4-13-34-21/h1-3,5-8,15-16H,4,9-14,17H2,(H,28,32). The fourth-order valence-electron chi connectivity index (χ4n) is 4.19. The van der Waals surface area contributed by atoms with E-state index in [2.05, 4.69) is 15.3 Å². The molecule has 5 rings (SSSR count). The van der Waals surface area contributed by atoms with E-state index in [1.807, 2.05) is 35.2 Å². The van der Waals surface area contributed by atoms with Crippen LogP contribution in [0.4, 0.5) is 11.4 Å². The Bertz CT molecular complexity index is 1260. The molecule has 1 aromatic heterocycles. The van der Waals surface area contributed by atoms with Gasteiger partial charge in [0, 0.05) is 44.4 Å². The number of carbonyl (C=O) groups is 1. The summed E-state index contributed by atoms with van der Waals surface area (Å²) in [6, 6.07) is 14.6. The van der Waals surface area contributed by atoms with Crippen molar-refractivity contribution in [2.45, 2.75) is 6.42 Å². The number of hydrogen-bond donors (Lipinski definition) is 1. The minimum absolute atomic E-state index is 0.0990. The molecule has 2 aliphatic rings. The van der Waals surface area contributed by atoms with E-state index in [9.17, 15) is 9.59 Å². The van der Waals surface area contributed by atoms with Crippen molar-refractivity contribution >= 4 is 28.9 Å². The summed E-state index contributed by atoms with van der Waals surface area (Å²) in [7, 11) is 0. The van der Waals surface area contributed by atoms with E-state index in [0.29, 0.717) is 68.0 Å². The van der Waals surface area contributed by atoms with E-state index in [4.69, 9.17) is 21.1 Å². The second kappa shape index (κ2) is 10.4. The van der Waals surface area contributed by atoms with Crippen LogP contribution in [0.15, 0.2) is 59.5 Å². The van der Waals surface area contributed by atoms with Crippen LogP contribution in [-0.2, 0) is 4.79 Å². The Morgan fingerprint density at radius 2 is 1.74 bits per heavy atom. The summed E-state index contributed by atoms with van der Waals surface area (Å²) < 4.78 is 12.6. The number of nitrogens with one attached hydrogen (secondary N) is 1. The molecule has 0 radical (unpaired) electrons. The zero-order valence-corrected chi connectivity index (χ0v) is 19.9. The van der Waals surface area contributed by atoms with Gasteiger partial charge in [-0.2, -0.15) is 9.78 Å². The van der Waals surface area contributed by atoms with Gasteiger partial charge in [0.05, 0.1) is 37.3 Å². The number of amides is 1. The summed E-state index contributed by atoms with van der Waals surface area (Å²) in [5.41, 5.74) is 1.59. The van der Waals surface area contributed by atoms with Crippen molar-refractivity contribution in [2.24, 2.45) is 0 Å². The lowest BCUT2D eigenvalue weighted by molar-refractivity contribution is -0.117. The van der Waals surface area contributed by atoms with Crippen molar-refractivity contribution < 1.29 is 14.3 Å². The van der Waals surface area contributed by atoms with E-state index in [1.54, 1.807) is 24.4 Å². The topological polar surface area (TPSA) is 88.9 Å². The minimum Gasteiger partial charge on any atom is -0.490 e. The molecule has 0 aliphatic carbocycles. The minimum atomic E-state index is -0.354. The molecule has 2 aromatic carbocycles. The van der Waals surface area contributed by atoms with Crippen molar-refractivity contribution in [1.82, 2.24) is 14.7 Å². The number of ether oxygens (including phenoxy) is 2. The van der Waals surface area contributed by atoms with Gasteiger partial charge in [0.25, 0.3) is 5.56 Å². The predicted octanol–water partition coefficient (Wildman–Crippen LogP) is 2.81. The quantitative estimate of drug-likeness (QED) is 0.582. The summed E-state index contributed by atoms with van der Waals surface area (Å²) in [4.78, 5) is 29.5. The maximum absolute atomic E-state index is 12.8. The van der Waals surface area contributed by atoms with Gasteiger partial charge < -0.3 is 19.7 Å². The molecule has 182 valence electrons. The van der Waals surface area contributed by atoms with Crippen LogP contribution in [0.3, 0.4) is 0 Å². The Morgan fingerprint density at radius 3 is 2.51 bits per heavy atom. The van der Waals surface area contributed by atoms with Crippen molar-refractivity contribution in [3.8, 4) is 17.2 Å². The maximum atomic E-state index is 12.8. The molecule has 3 heterocycles. The maximum Gasteiger partial charge on any atom is 0.292 e. The summed E-state index contributed by atoms with van der Waals surface area (Å²) in [5.74, 6) is 1.24. The highest BCUT2D eigenvalue weighted by Gasteiger charge is 2.23. The van der Waals surface area contributed by atoms with Gasteiger partial charge >= 0.3 is 0 Å². The molecular weight excluding hydrogens is 470 g/mol. The van der Waals surface area contributed by atoms with Crippen LogP contribution < -0.4 is 25.2 Å². The smallest absolute Gasteiger partial charge is 0.292 e. The van der Waals surface area contributed by atoms with Gasteiger partial charge in [-0.1, -0.05) is 29.8 Å². The van der Waals surface area contributed by atoms with Crippen LogP contribution in [0, 0.1) is 0 Å². The third-order valence-corrected chi connectivity index (χ3v) is 6.37. The molecule has 2 aliphatic heterocycles. The van der Waals surface area contributed by atoms with Gasteiger partial charge in [-0.05, 0) is 24.3 Å². The second-order valence-corrected chi connectivity index (χ2v) is 8.80. The zero-order chi connectivity index (χ0) is 24.2. The number of halogens is 1. The average Bonchev–Trinajstić information content (AvgIpc) is 3.12. The number of piperazine rings is 1. The van der Waals surface area contributed by atoms with Crippen LogP contribution in [0.1, 0.15) is 6.42 Å². The number of fused-ring (bicyclic) bond motifs is 1. The van der Waals surface area contributed by atoms with Crippen LogP contribution in [0.2, 0.25) is 5.02 Å². The highest BCUT2D eigenvalue weighted by molar-refractivity contribution is 6.33. The molecule has 35 heavy (non-hydrogen) atoms. The summed E-state index contributed by atoms with van der Waals surface area (Å²) in [5, 5.41) is 7.40. The van der Waals surface area contributed by atoms with Crippen molar-refractivity contribution in [3.05, 3.63) is 70.1 Å². The summed E-state index contributed by atoms with van der Waals surface area (Å²) in [6.45, 7) is 4.07. The molecule has 0 spiro atoms. The number of aromatic nitrogens is 2. The van der Waals surface area contributed by atoms with Gasteiger partial charge in [0.2, 0.25) is 5.91 Å². The van der Waals surface area contributed by atoms with Gasteiger partial charge in [-0.15, -0.1) is 0 Å². The molecule has 9 nitrogen and oxygen atoms in total. The fourth-order valence-corrected chi connectivity index (χ4v) is 4.44. The summed E-state index contributed by atoms with van der Waals surface area (Å²) >= 11 is 6.44. The lowest BCUT2D eigenvalue weighted by atomic mass is 10.2. The van der Waals surface area contributed by atoms with Crippen molar-refractivity contribution in [1.29, 1.82) is 0 Å². The second-order valence-electron chi connectivity index (χ2n) is 8.42. The largest absolute Gasteiger partial charge is 0.490 e. The molecule has 3 aromatic rings. The lowest BCUT2D eigenvalue weighted by Gasteiger charge is -2.35. The molecule has 1 fully saturated rings. The lowest BCUT2D eigenvalue weighted by Crippen LogP contribution is -2.49. The Balaban J connectivity index is 1.17. The van der Waals surface area contributed by atoms with E-state index >= 15 is 0 Å². The van der Waals surface area contributed by atoms with Crippen LogP contribution in [0.25, 0.3) is 5.69 Å². The number of carbonyl (C=O) groups excluding carboxylic acids is 1. The predicted molar refractivity (Wildman–Crippen MR) is 134 cm³/mol. The number of anilines is 2. The molecule has 0 bridgehead atoms. The molecule has 1 N–H and O–H groups in total. The number of hydrogen-bond acceptors (Lipinski definition) is 7. The number of nitrogens with zero attached hydrogens (tertiary/aromatic N) is 4. The molecule has 1 saturated heterocycles. The Hall–Kier alpha value is -3.56. The third kappa shape index (κ3) is 5.26. The van der Waals surface area contributed by atoms with Crippen LogP contribution >= 0.6 is 11.6 Å². The monoisotopic (exact) mass is 495 g/mol. The number of benzene rings is 2. The normalized spacial score (nSPS) is 16.0. The number of rotatable bonds is 5. The SMILES string of the molecule is O=C(CN1CCN(c2cnn(-c3ccccc3)c(=O)c2Cl)CC1)Nc1ccc2c(c1)OCCCO2.